The Morgan fingerprint density at radius 2 is 1.55 bits per heavy atom. The Morgan fingerprint density at radius 1 is 0.950 bits per heavy atom. The summed E-state index contributed by atoms with van der Waals surface area (Å²) in [7, 11) is -5.04. The number of carbonyl (C=O) groups is 1. The predicted molar refractivity (Wildman–Crippen MR) is 146 cm³/mol. The van der Waals surface area contributed by atoms with Crippen LogP contribution in [0.5, 0.6) is 0 Å². The van der Waals surface area contributed by atoms with Crippen LogP contribution in [0.3, 0.4) is 0 Å². The fourth-order valence-electron chi connectivity index (χ4n) is 3.61. The van der Waals surface area contributed by atoms with Crippen LogP contribution in [0, 0.1) is 0 Å². The number of aliphatic hydroxyl groups is 3. The van der Waals surface area contributed by atoms with Gasteiger partial charge in [-0.25, -0.2) is 4.18 Å². The highest BCUT2D eigenvalue weighted by Crippen LogP contribution is 2.25. The lowest BCUT2D eigenvalue weighted by molar-refractivity contribution is -0.301. The molecule has 0 radical (unpaired) electrons. The Morgan fingerprint density at radius 3 is 2.10 bits per heavy atom. The average molecular weight is 593 g/mol. The van der Waals surface area contributed by atoms with E-state index >= 15 is 0 Å². The molecule has 1 aliphatic heterocycles. The molecule has 1 heterocycles. The van der Waals surface area contributed by atoms with Crippen molar-refractivity contribution in [3.8, 4) is 0 Å². The second-order valence-electron chi connectivity index (χ2n) is 8.98. The minimum Gasteiger partial charge on any atom is -0.458 e. The van der Waals surface area contributed by atoms with Crippen molar-refractivity contribution in [2.75, 3.05) is 26.4 Å². The Bertz CT molecular complexity index is 914. The van der Waals surface area contributed by atoms with Crippen molar-refractivity contribution in [3.63, 3.8) is 0 Å². The Labute approximate surface area is 236 Å². The van der Waals surface area contributed by atoms with E-state index in [-0.39, 0.29) is 13.2 Å². The van der Waals surface area contributed by atoms with Crippen molar-refractivity contribution in [1.29, 1.82) is 0 Å². The maximum atomic E-state index is 11.5. The predicted octanol–water partition coefficient (Wildman–Crippen LogP) is 2.16. The normalized spacial score (nSPS) is 25.0. The van der Waals surface area contributed by atoms with Crippen LogP contribution in [0.2, 0.25) is 0 Å². The summed E-state index contributed by atoms with van der Waals surface area (Å²) in [6.45, 7) is 2.61. The third-order valence-corrected chi connectivity index (χ3v) is 5.98. The van der Waals surface area contributed by atoms with E-state index in [9.17, 15) is 28.5 Å². The molecule has 0 aromatic rings. The molecule has 0 bridgehead atoms. The van der Waals surface area contributed by atoms with Crippen LogP contribution < -0.4 is 0 Å². The van der Waals surface area contributed by atoms with Gasteiger partial charge in [0.1, 0.15) is 30.5 Å². The highest BCUT2D eigenvalue weighted by molar-refractivity contribution is 7.80. The molecule has 0 aromatic heterocycles. The second-order valence-corrected chi connectivity index (χ2v) is 10.0. The summed E-state index contributed by atoms with van der Waals surface area (Å²) in [5.74, 6) is -0.599. The molecular weight excluding hydrogens is 548 g/mol. The van der Waals surface area contributed by atoms with E-state index in [2.05, 4.69) is 59.7 Å². The van der Waals surface area contributed by atoms with Gasteiger partial charge in [-0.2, -0.15) is 8.42 Å². The summed E-state index contributed by atoms with van der Waals surface area (Å²) >= 11 is 0. The monoisotopic (exact) mass is 592 g/mol. The molecule has 1 saturated heterocycles. The van der Waals surface area contributed by atoms with Gasteiger partial charge < -0.3 is 34.3 Å². The van der Waals surface area contributed by atoms with Crippen molar-refractivity contribution in [3.05, 3.63) is 48.6 Å². The van der Waals surface area contributed by atoms with Gasteiger partial charge in [0.2, 0.25) is 0 Å². The number of unbranched alkanes of at least 4 members (excludes halogenated alkanes) is 1. The Balaban J connectivity index is 2.39. The number of hydrogen-bond acceptors (Lipinski definition) is 11. The molecule has 0 spiro atoms. The van der Waals surface area contributed by atoms with Crippen LogP contribution in [0.4, 0.5) is 0 Å². The van der Waals surface area contributed by atoms with Crippen molar-refractivity contribution in [1.82, 2.24) is 0 Å². The van der Waals surface area contributed by atoms with E-state index in [1.54, 1.807) is 0 Å². The zero-order valence-corrected chi connectivity index (χ0v) is 23.9. The minimum atomic E-state index is -5.04. The van der Waals surface area contributed by atoms with Crippen molar-refractivity contribution in [2.24, 2.45) is 0 Å². The van der Waals surface area contributed by atoms with E-state index in [1.807, 2.05) is 0 Å². The number of aliphatic hydroxyl groups excluding tert-OH is 3. The Kier molecular flexibility index (Phi) is 18.8. The van der Waals surface area contributed by atoms with Crippen molar-refractivity contribution < 1.29 is 56.2 Å². The summed E-state index contributed by atoms with van der Waals surface area (Å²) in [5, 5.41) is 29.8. The third-order valence-electron chi connectivity index (χ3n) is 5.52. The third kappa shape index (κ3) is 16.4. The maximum absolute atomic E-state index is 11.5. The molecule has 0 saturated carbocycles. The van der Waals surface area contributed by atoms with Gasteiger partial charge in [-0.15, -0.1) is 0 Å². The number of esters is 1. The minimum absolute atomic E-state index is 0.0202. The second kappa shape index (κ2) is 20.9. The zero-order valence-electron chi connectivity index (χ0n) is 23.1. The van der Waals surface area contributed by atoms with E-state index in [0.29, 0.717) is 6.61 Å². The quantitative estimate of drug-likeness (QED) is 0.0702. The maximum Gasteiger partial charge on any atom is 0.397 e. The standard InChI is InChI=1S/C27H44O12S/c1-3-4-5-6-7-8-9-10-11-12-13-14-15-16-17-35-19-22(37-21(2)29)20-36-27-25(31)26(39-40(32,33)34)24(30)23(18-28)38-27/h4-5,7-8,10-11,13-14,22-28,30-31H,3,6,9,12,15-20H2,1-2H3,(H,32,33,34)/b5-4-,8-7-,11-10-,14-13-. The lowest BCUT2D eigenvalue weighted by atomic mass is 9.99. The number of carbonyl (C=O) groups excluding carboxylic acids is 1. The molecule has 40 heavy (non-hydrogen) atoms. The molecule has 13 heteroatoms. The van der Waals surface area contributed by atoms with Crippen LogP contribution in [0.15, 0.2) is 48.6 Å². The topological polar surface area (TPSA) is 178 Å². The fourth-order valence-corrected chi connectivity index (χ4v) is 4.12. The number of ether oxygens (including phenoxy) is 4. The van der Waals surface area contributed by atoms with Crippen molar-refractivity contribution >= 4 is 16.4 Å². The highest BCUT2D eigenvalue weighted by Gasteiger charge is 2.47. The lowest BCUT2D eigenvalue weighted by Crippen LogP contribution is -2.60. The highest BCUT2D eigenvalue weighted by atomic mass is 32.3. The molecule has 0 aliphatic carbocycles. The van der Waals surface area contributed by atoms with Gasteiger partial charge in [-0.05, 0) is 38.5 Å². The molecule has 230 valence electrons. The molecule has 6 atom stereocenters. The molecule has 0 amide bonds. The zero-order chi connectivity index (χ0) is 29.8. The molecule has 12 nitrogen and oxygen atoms in total. The summed E-state index contributed by atoms with van der Waals surface area (Å²) < 4.78 is 56.9. The summed E-state index contributed by atoms with van der Waals surface area (Å²) in [4.78, 5) is 11.5. The van der Waals surface area contributed by atoms with Gasteiger partial charge in [0.05, 0.1) is 19.8 Å². The summed E-state index contributed by atoms with van der Waals surface area (Å²) in [6, 6.07) is 0. The summed E-state index contributed by atoms with van der Waals surface area (Å²) in [6.07, 6.45) is 12.9. The van der Waals surface area contributed by atoms with Gasteiger partial charge in [0, 0.05) is 13.5 Å². The molecule has 6 unspecified atom stereocenters. The first-order valence-electron chi connectivity index (χ1n) is 13.3. The molecule has 1 rings (SSSR count). The fraction of sp³-hybridized carbons (Fsp3) is 0.667. The molecule has 1 aliphatic rings. The number of hydrogen-bond donors (Lipinski definition) is 4. The van der Waals surface area contributed by atoms with E-state index < -0.39 is 59.8 Å². The van der Waals surface area contributed by atoms with Crippen molar-refractivity contribution in [2.45, 2.75) is 89.2 Å². The van der Waals surface area contributed by atoms with Gasteiger partial charge in [-0.3, -0.25) is 9.35 Å². The lowest BCUT2D eigenvalue weighted by Gasteiger charge is -2.41. The molecular formula is C27H44O12S. The SMILES string of the molecule is CC/C=C\C/C=C\C/C=C\C/C=C\CCCOCC(COC1OC(CO)C(O)C(OS(=O)(=O)O)C1O)OC(C)=O. The van der Waals surface area contributed by atoms with Gasteiger partial charge in [0.15, 0.2) is 6.29 Å². The average Bonchev–Trinajstić information content (AvgIpc) is 2.89. The number of rotatable bonds is 20. The van der Waals surface area contributed by atoms with E-state index in [0.717, 1.165) is 38.5 Å². The first-order chi connectivity index (χ1) is 19.1. The van der Waals surface area contributed by atoms with Crippen LogP contribution >= 0.6 is 0 Å². The van der Waals surface area contributed by atoms with Crippen LogP contribution in [0.1, 0.15) is 52.4 Å². The first kappa shape index (κ1) is 36.1. The first-order valence-corrected chi connectivity index (χ1v) is 14.7. The van der Waals surface area contributed by atoms with Gasteiger partial charge in [-0.1, -0.05) is 55.5 Å². The van der Waals surface area contributed by atoms with Gasteiger partial charge >= 0.3 is 16.4 Å². The summed E-state index contributed by atoms with van der Waals surface area (Å²) in [5.41, 5.74) is 0. The smallest absolute Gasteiger partial charge is 0.397 e. The largest absolute Gasteiger partial charge is 0.458 e. The molecule has 0 aromatic carbocycles. The van der Waals surface area contributed by atoms with Crippen LogP contribution in [-0.4, -0.2) is 97.5 Å². The molecule has 4 N–H and O–H groups in total. The number of allylic oxidation sites excluding steroid dienone is 8. The molecule has 1 fully saturated rings. The van der Waals surface area contributed by atoms with E-state index in [1.165, 1.54) is 6.92 Å². The van der Waals surface area contributed by atoms with Gasteiger partial charge in [0.25, 0.3) is 0 Å². The van der Waals surface area contributed by atoms with Crippen LogP contribution in [0.25, 0.3) is 0 Å². The van der Waals surface area contributed by atoms with E-state index in [4.69, 9.17) is 23.5 Å². The van der Waals surface area contributed by atoms with Crippen LogP contribution in [-0.2, 0) is 38.3 Å². The Hall–Kier alpha value is -1.94.